The Labute approximate surface area is 79.3 Å². The van der Waals surface area contributed by atoms with Crippen molar-refractivity contribution in [2.75, 3.05) is 0 Å². The number of thiol groups is 1. The second-order valence-corrected chi connectivity index (χ2v) is 4.07. The van der Waals surface area contributed by atoms with Crippen LogP contribution in [-0.4, -0.2) is 0 Å². The molecule has 1 unspecified atom stereocenters. The Morgan fingerprint density at radius 3 is 2.55 bits per heavy atom. The fourth-order valence-electron chi connectivity index (χ4n) is 0.816. The van der Waals surface area contributed by atoms with E-state index in [9.17, 15) is 4.39 Å². The second kappa shape index (κ2) is 3.59. The summed E-state index contributed by atoms with van der Waals surface area (Å²) >= 11 is 7.40. The lowest BCUT2D eigenvalue weighted by atomic mass is 10.2. The molecule has 0 fully saturated rings. The monoisotopic (exact) mass is 234 g/mol. The van der Waals surface area contributed by atoms with E-state index in [-0.39, 0.29) is 11.1 Å². The van der Waals surface area contributed by atoms with Gasteiger partial charge in [0.25, 0.3) is 0 Å². The van der Waals surface area contributed by atoms with Gasteiger partial charge >= 0.3 is 0 Å². The summed E-state index contributed by atoms with van der Waals surface area (Å²) in [6, 6.07) is 4.78. The maximum Gasteiger partial charge on any atom is 0.124 e. The smallest absolute Gasteiger partial charge is 0.124 e. The molecule has 11 heavy (non-hydrogen) atoms. The van der Waals surface area contributed by atoms with Gasteiger partial charge in [-0.25, -0.2) is 4.39 Å². The van der Waals surface area contributed by atoms with Gasteiger partial charge in [-0.3, -0.25) is 0 Å². The SMILES string of the molecule is CC(S)c1cc(F)cc(Br)c1. The topological polar surface area (TPSA) is 0 Å². The summed E-state index contributed by atoms with van der Waals surface area (Å²) in [6.07, 6.45) is 0. The molecule has 0 aliphatic rings. The molecule has 60 valence electrons. The first-order valence-electron chi connectivity index (χ1n) is 3.23. The minimum absolute atomic E-state index is 0.0713. The highest BCUT2D eigenvalue weighted by molar-refractivity contribution is 9.10. The highest BCUT2D eigenvalue weighted by Crippen LogP contribution is 2.23. The molecule has 0 bridgehead atoms. The molecule has 0 aromatic heterocycles. The molecule has 0 aliphatic carbocycles. The molecule has 0 heterocycles. The molecule has 1 rings (SSSR count). The van der Waals surface area contributed by atoms with Gasteiger partial charge in [-0.05, 0) is 30.7 Å². The van der Waals surface area contributed by atoms with Crippen LogP contribution in [0.3, 0.4) is 0 Å². The summed E-state index contributed by atoms with van der Waals surface area (Å²) < 4.78 is 13.5. The Hall–Kier alpha value is -0.0200. The van der Waals surface area contributed by atoms with Crippen molar-refractivity contribution in [2.45, 2.75) is 12.2 Å². The molecule has 1 atom stereocenters. The van der Waals surface area contributed by atoms with Crippen LogP contribution < -0.4 is 0 Å². The van der Waals surface area contributed by atoms with Gasteiger partial charge in [-0.1, -0.05) is 15.9 Å². The minimum Gasteiger partial charge on any atom is -0.207 e. The Morgan fingerprint density at radius 1 is 1.45 bits per heavy atom. The molecule has 0 radical (unpaired) electrons. The van der Waals surface area contributed by atoms with Crippen LogP contribution in [0, 0.1) is 5.82 Å². The fraction of sp³-hybridized carbons (Fsp3) is 0.250. The molecule has 0 saturated carbocycles. The zero-order valence-electron chi connectivity index (χ0n) is 6.01. The van der Waals surface area contributed by atoms with Crippen molar-refractivity contribution < 1.29 is 4.39 Å². The summed E-state index contributed by atoms with van der Waals surface area (Å²) in [4.78, 5) is 0. The van der Waals surface area contributed by atoms with Crippen LogP contribution in [0.25, 0.3) is 0 Å². The lowest BCUT2D eigenvalue weighted by Crippen LogP contribution is -1.86. The third kappa shape index (κ3) is 2.49. The van der Waals surface area contributed by atoms with Gasteiger partial charge in [0.1, 0.15) is 5.82 Å². The van der Waals surface area contributed by atoms with Gasteiger partial charge in [0, 0.05) is 9.72 Å². The van der Waals surface area contributed by atoms with Crippen LogP contribution in [-0.2, 0) is 0 Å². The van der Waals surface area contributed by atoms with Crippen LogP contribution in [0.1, 0.15) is 17.7 Å². The van der Waals surface area contributed by atoms with E-state index in [4.69, 9.17) is 0 Å². The van der Waals surface area contributed by atoms with Crippen molar-refractivity contribution in [1.29, 1.82) is 0 Å². The van der Waals surface area contributed by atoms with E-state index in [1.165, 1.54) is 12.1 Å². The van der Waals surface area contributed by atoms with Crippen LogP contribution in [0.5, 0.6) is 0 Å². The van der Waals surface area contributed by atoms with Crippen molar-refractivity contribution >= 4 is 28.6 Å². The molecule has 3 heteroatoms. The second-order valence-electron chi connectivity index (χ2n) is 2.38. The largest absolute Gasteiger partial charge is 0.207 e. The molecule has 1 aromatic rings. The van der Waals surface area contributed by atoms with E-state index in [0.29, 0.717) is 0 Å². The van der Waals surface area contributed by atoms with Gasteiger partial charge < -0.3 is 0 Å². The average molecular weight is 235 g/mol. The molecular weight excluding hydrogens is 227 g/mol. The molecule has 0 amide bonds. The summed E-state index contributed by atoms with van der Waals surface area (Å²) in [5.41, 5.74) is 0.889. The fourth-order valence-corrected chi connectivity index (χ4v) is 1.45. The summed E-state index contributed by atoms with van der Waals surface area (Å²) in [5.74, 6) is -0.227. The normalized spacial score (nSPS) is 13.1. The highest BCUT2D eigenvalue weighted by Gasteiger charge is 2.02. The van der Waals surface area contributed by atoms with Crippen molar-refractivity contribution in [1.82, 2.24) is 0 Å². The summed E-state index contributed by atoms with van der Waals surface area (Å²) in [7, 11) is 0. The Balaban J connectivity index is 3.08. The van der Waals surface area contributed by atoms with E-state index in [1.807, 2.05) is 13.0 Å². The predicted octanol–water partition coefficient (Wildman–Crippen LogP) is 3.58. The molecule has 1 aromatic carbocycles. The van der Waals surface area contributed by atoms with E-state index >= 15 is 0 Å². The first-order valence-corrected chi connectivity index (χ1v) is 4.54. The minimum atomic E-state index is -0.227. The number of halogens is 2. The molecular formula is C8H8BrFS. The van der Waals surface area contributed by atoms with Gasteiger partial charge in [0.2, 0.25) is 0 Å². The van der Waals surface area contributed by atoms with Crippen molar-refractivity contribution in [3.63, 3.8) is 0 Å². The number of hydrogen-bond acceptors (Lipinski definition) is 1. The molecule has 0 nitrogen and oxygen atoms in total. The van der Waals surface area contributed by atoms with E-state index < -0.39 is 0 Å². The van der Waals surface area contributed by atoms with Crippen LogP contribution in [0.15, 0.2) is 22.7 Å². The van der Waals surface area contributed by atoms with Crippen molar-refractivity contribution in [3.05, 3.63) is 34.1 Å². The maximum absolute atomic E-state index is 12.7. The predicted molar refractivity (Wildman–Crippen MR) is 51.5 cm³/mol. The number of benzene rings is 1. The Morgan fingerprint density at radius 2 is 2.09 bits per heavy atom. The molecule has 0 N–H and O–H groups in total. The quantitative estimate of drug-likeness (QED) is 0.706. The highest BCUT2D eigenvalue weighted by atomic mass is 79.9. The first-order chi connectivity index (χ1) is 5.09. The standard InChI is InChI=1S/C8H8BrFS/c1-5(11)6-2-7(9)4-8(10)3-6/h2-5,11H,1H3. The van der Waals surface area contributed by atoms with Crippen LogP contribution in [0.4, 0.5) is 4.39 Å². The lowest BCUT2D eigenvalue weighted by Gasteiger charge is -2.04. The number of hydrogen-bond donors (Lipinski definition) is 1. The molecule has 0 saturated heterocycles. The number of rotatable bonds is 1. The lowest BCUT2D eigenvalue weighted by molar-refractivity contribution is 0.624. The zero-order chi connectivity index (χ0) is 8.43. The summed E-state index contributed by atoms with van der Waals surface area (Å²) in [6.45, 7) is 1.91. The van der Waals surface area contributed by atoms with E-state index in [2.05, 4.69) is 28.6 Å². The summed E-state index contributed by atoms with van der Waals surface area (Å²) in [5, 5.41) is 0.0713. The van der Waals surface area contributed by atoms with Gasteiger partial charge in [0.05, 0.1) is 0 Å². The van der Waals surface area contributed by atoms with Crippen LogP contribution >= 0.6 is 28.6 Å². The van der Waals surface area contributed by atoms with Crippen molar-refractivity contribution in [2.24, 2.45) is 0 Å². The maximum atomic E-state index is 12.7. The van der Waals surface area contributed by atoms with E-state index in [1.54, 1.807) is 0 Å². The third-order valence-electron chi connectivity index (χ3n) is 1.37. The van der Waals surface area contributed by atoms with Gasteiger partial charge in [0.15, 0.2) is 0 Å². The van der Waals surface area contributed by atoms with Gasteiger partial charge in [-0.2, -0.15) is 12.6 Å². The average Bonchev–Trinajstić information content (AvgIpc) is 1.85. The van der Waals surface area contributed by atoms with E-state index in [0.717, 1.165) is 10.0 Å². The Kier molecular flexibility index (Phi) is 2.96. The Bertz CT molecular complexity index is 240. The van der Waals surface area contributed by atoms with Gasteiger partial charge in [-0.15, -0.1) is 0 Å². The van der Waals surface area contributed by atoms with Crippen LogP contribution in [0.2, 0.25) is 0 Å². The van der Waals surface area contributed by atoms with Crippen molar-refractivity contribution in [3.8, 4) is 0 Å². The third-order valence-corrected chi connectivity index (χ3v) is 2.12. The first kappa shape index (κ1) is 9.07. The molecule has 0 aliphatic heterocycles. The zero-order valence-corrected chi connectivity index (χ0v) is 8.49. The molecule has 0 spiro atoms.